The average Bonchev–Trinajstić information content (AvgIpc) is 2.91. The highest BCUT2D eigenvalue weighted by molar-refractivity contribution is 5.95. The lowest BCUT2D eigenvalue weighted by Crippen LogP contribution is -2.30. The summed E-state index contributed by atoms with van der Waals surface area (Å²) in [5.41, 5.74) is 8.22. The van der Waals surface area contributed by atoms with Crippen LogP contribution in [0.3, 0.4) is 0 Å². The van der Waals surface area contributed by atoms with E-state index in [1.807, 2.05) is 30.3 Å². The first kappa shape index (κ1) is 16.0. The normalized spacial score (nSPS) is 12.2. The largest absolute Gasteiger partial charge is 0.491 e. The number of aryl methyl sites for hydroxylation is 1. The van der Waals surface area contributed by atoms with E-state index in [0.717, 1.165) is 5.56 Å². The van der Waals surface area contributed by atoms with Gasteiger partial charge in [0.15, 0.2) is 11.5 Å². The fourth-order valence-corrected chi connectivity index (χ4v) is 2.53. The van der Waals surface area contributed by atoms with Crippen molar-refractivity contribution in [3.05, 3.63) is 59.5 Å². The first-order valence-electron chi connectivity index (χ1n) is 7.59. The SMILES string of the molecule is Cc1nc2cc(C(=O)O)c(OC[C@H](N)Cc3ccccc3)cc2o1. The van der Waals surface area contributed by atoms with E-state index in [0.29, 0.717) is 23.4 Å². The van der Waals surface area contributed by atoms with Crippen molar-refractivity contribution in [1.82, 2.24) is 4.98 Å². The maximum atomic E-state index is 11.4. The number of nitrogens with zero attached hydrogens (tertiary/aromatic N) is 1. The topological polar surface area (TPSA) is 98.6 Å². The molecule has 1 heterocycles. The zero-order valence-corrected chi connectivity index (χ0v) is 13.2. The van der Waals surface area contributed by atoms with Gasteiger partial charge in [-0.1, -0.05) is 30.3 Å². The minimum absolute atomic E-state index is 0.0442. The Hall–Kier alpha value is -2.86. The molecule has 124 valence electrons. The number of oxazole rings is 1. The van der Waals surface area contributed by atoms with Crippen molar-refractivity contribution >= 4 is 17.1 Å². The standard InChI is InChI=1S/C18H18N2O4/c1-11-20-15-8-14(18(21)22)16(9-17(15)24-11)23-10-13(19)7-12-5-3-2-4-6-12/h2-6,8-9,13H,7,10,19H2,1H3,(H,21,22)/t13-/m1/s1. The summed E-state index contributed by atoms with van der Waals surface area (Å²) >= 11 is 0. The van der Waals surface area contributed by atoms with Gasteiger partial charge in [-0.2, -0.15) is 0 Å². The number of hydrogen-bond donors (Lipinski definition) is 2. The zero-order chi connectivity index (χ0) is 17.1. The summed E-state index contributed by atoms with van der Waals surface area (Å²) in [4.78, 5) is 15.6. The molecule has 1 aromatic heterocycles. The number of carboxylic acids is 1. The number of aromatic nitrogens is 1. The van der Waals surface area contributed by atoms with Crippen molar-refractivity contribution in [3.8, 4) is 5.75 Å². The number of ether oxygens (including phenoxy) is 1. The van der Waals surface area contributed by atoms with E-state index in [2.05, 4.69) is 4.98 Å². The molecule has 0 aliphatic carbocycles. The molecule has 0 amide bonds. The summed E-state index contributed by atoms with van der Waals surface area (Å²) in [7, 11) is 0. The molecule has 2 aromatic carbocycles. The van der Waals surface area contributed by atoms with E-state index >= 15 is 0 Å². The predicted octanol–water partition coefficient (Wildman–Crippen LogP) is 2.78. The number of carboxylic acid groups (broad SMARTS) is 1. The minimum atomic E-state index is -1.08. The van der Waals surface area contributed by atoms with Crippen LogP contribution in [-0.4, -0.2) is 28.7 Å². The van der Waals surface area contributed by atoms with Gasteiger partial charge in [-0.3, -0.25) is 0 Å². The van der Waals surface area contributed by atoms with Crippen LogP contribution in [0, 0.1) is 6.92 Å². The van der Waals surface area contributed by atoms with Gasteiger partial charge in [0, 0.05) is 19.0 Å². The third kappa shape index (κ3) is 3.55. The average molecular weight is 326 g/mol. The van der Waals surface area contributed by atoms with E-state index in [1.54, 1.807) is 13.0 Å². The van der Waals surface area contributed by atoms with Crippen LogP contribution in [0.1, 0.15) is 21.8 Å². The molecule has 6 heteroatoms. The molecule has 0 bridgehead atoms. The Kier molecular flexibility index (Phi) is 4.48. The van der Waals surface area contributed by atoms with Crippen molar-refractivity contribution in [1.29, 1.82) is 0 Å². The van der Waals surface area contributed by atoms with Crippen LogP contribution in [0.15, 0.2) is 46.9 Å². The zero-order valence-electron chi connectivity index (χ0n) is 13.2. The smallest absolute Gasteiger partial charge is 0.339 e. The van der Waals surface area contributed by atoms with Gasteiger partial charge in [0.1, 0.15) is 23.4 Å². The van der Waals surface area contributed by atoms with E-state index in [4.69, 9.17) is 14.9 Å². The number of carbonyl (C=O) groups is 1. The highest BCUT2D eigenvalue weighted by Gasteiger charge is 2.17. The molecule has 24 heavy (non-hydrogen) atoms. The van der Waals surface area contributed by atoms with Crippen molar-refractivity contribution in [2.24, 2.45) is 5.73 Å². The second-order valence-electron chi connectivity index (χ2n) is 5.61. The minimum Gasteiger partial charge on any atom is -0.491 e. The molecule has 3 N–H and O–H groups in total. The Morgan fingerprint density at radius 3 is 2.79 bits per heavy atom. The summed E-state index contributed by atoms with van der Waals surface area (Å²) in [6.45, 7) is 1.91. The van der Waals surface area contributed by atoms with Gasteiger partial charge in [0.05, 0.1) is 0 Å². The molecule has 0 spiro atoms. The number of nitrogens with two attached hydrogens (primary N) is 1. The molecular formula is C18H18N2O4. The van der Waals surface area contributed by atoms with Crippen LogP contribution in [0.4, 0.5) is 0 Å². The predicted molar refractivity (Wildman–Crippen MR) is 89.3 cm³/mol. The quantitative estimate of drug-likeness (QED) is 0.722. The van der Waals surface area contributed by atoms with E-state index in [1.165, 1.54) is 6.07 Å². The monoisotopic (exact) mass is 326 g/mol. The van der Waals surface area contributed by atoms with E-state index in [-0.39, 0.29) is 24.0 Å². The van der Waals surface area contributed by atoms with Crippen molar-refractivity contribution in [3.63, 3.8) is 0 Å². The van der Waals surface area contributed by atoms with Crippen LogP contribution in [0.5, 0.6) is 5.75 Å². The highest BCUT2D eigenvalue weighted by Crippen LogP contribution is 2.27. The number of benzene rings is 2. The van der Waals surface area contributed by atoms with Crippen molar-refractivity contribution in [2.45, 2.75) is 19.4 Å². The number of aromatic carboxylic acids is 1. The lowest BCUT2D eigenvalue weighted by molar-refractivity contribution is 0.0692. The van der Waals surface area contributed by atoms with Gasteiger partial charge in [0.25, 0.3) is 0 Å². The first-order chi connectivity index (χ1) is 11.5. The molecule has 0 saturated heterocycles. The van der Waals surface area contributed by atoms with Crippen molar-refractivity contribution < 1.29 is 19.1 Å². The summed E-state index contributed by atoms with van der Waals surface area (Å²) < 4.78 is 11.1. The second kappa shape index (κ2) is 6.72. The van der Waals surface area contributed by atoms with Crippen LogP contribution in [0.25, 0.3) is 11.1 Å². The molecule has 0 radical (unpaired) electrons. The summed E-state index contributed by atoms with van der Waals surface area (Å²) in [5.74, 6) is -0.377. The lowest BCUT2D eigenvalue weighted by Gasteiger charge is -2.14. The van der Waals surface area contributed by atoms with Gasteiger partial charge in [-0.05, 0) is 18.1 Å². The number of rotatable bonds is 6. The highest BCUT2D eigenvalue weighted by atomic mass is 16.5. The molecular weight excluding hydrogens is 308 g/mol. The molecule has 0 aliphatic rings. The van der Waals surface area contributed by atoms with Gasteiger partial charge < -0.3 is 20.0 Å². The summed E-state index contributed by atoms with van der Waals surface area (Å²) in [6.07, 6.45) is 0.646. The Labute approximate surface area is 138 Å². The van der Waals surface area contributed by atoms with E-state index in [9.17, 15) is 9.90 Å². The third-order valence-corrected chi connectivity index (χ3v) is 3.62. The Balaban J connectivity index is 1.76. The Morgan fingerprint density at radius 2 is 2.08 bits per heavy atom. The van der Waals surface area contributed by atoms with Crippen LogP contribution >= 0.6 is 0 Å². The van der Waals surface area contributed by atoms with Gasteiger partial charge in [-0.25, -0.2) is 9.78 Å². The van der Waals surface area contributed by atoms with Gasteiger partial charge in [0.2, 0.25) is 0 Å². The Bertz CT molecular complexity index is 858. The molecule has 0 saturated carbocycles. The Morgan fingerprint density at radius 1 is 1.33 bits per heavy atom. The molecule has 0 fully saturated rings. The number of fused-ring (bicyclic) bond motifs is 1. The lowest BCUT2D eigenvalue weighted by atomic mass is 10.1. The third-order valence-electron chi connectivity index (χ3n) is 3.62. The fourth-order valence-electron chi connectivity index (χ4n) is 2.53. The van der Waals surface area contributed by atoms with Crippen molar-refractivity contribution in [2.75, 3.05) is 6.61 Å². The van der Waals surface area contributed by atoms with Crippen LogP contribution < -0.4 is 10.5 Å². The fraction of sp³-hybridized carbons (Fsp3) is 0.222. The van der Waals surface area contributed by atoms with Crippen LogP contribution in [0.2, 0.25) is 0 Å². The molecule has 3 aromatic rings. The maximum Gasteiger partial charge on any atom is 0.339 e. The first-order valence-corrected chi connectivity index (χ1v) is 7.59. The summed E-state index contributed by atoms with van der Waals surface area (Å²) in [5, 5.41) is 9.36. The summed E-state index contributed by atoms with van der Waals surface area (Å²) in [6, 6.07) is 12.6. The number of hydrogen-bond acceptors (Lipinski definition) is 5. The second-order valence-corrected chi connectivity index (χ2v) is 5.61. The van der Waals surface area contributed by atoms with Crippen LogP contribution in [-0.2, 0) is 6.42 Å². The maximum absolute atomic E-state index is 11.4. The molecule has 6 nitrogen and oxygen atoms in total. The van der Waals surface area contributed by atoms with Gasteiger partial charge >= 0.3 is 5.97 Å². The van der Waals surface area contributed by atoms with Gasteiger partial charge in [-0.15, -0.1) is 0 Å². The van der Waals surface area contributed by atoms with E-state index < -0.39 is 5.97 Å². The molecule has 1 atom stereocenters. The molecule has 0 aliphatic heterocycles. The molecule has 3 rings (SSSR count). The molecule has 0 unspecified atom stereocenters.